The van der Waals surface area contributed by atoms with Crippen molar-refractivity contribution in [2.24, 2.45) is 4.99 Å². The molecule has 0 atom stereocenters. The van der Waals surface area contributed by atoms with E-state index in [0.717, 1.165) is 31.2 Å². The van der Waals surface area contributed by atoms with Crippen molar-refractivity contribution >= 4 is 17.6 Å². The lowest BCUT2D eigenvalue weighted by molar-refractivity contribution is -0.114. The largest absolute Gasteiger partial charge is 0.356 e. The Morgan fingerprint density at radius 3 is 2.31 bits per heavy atom. The third kappa shape index (κ3) is 5.83. The molecule has 0 unspecified atom stereocenters. The summed E-state index contributed by atoms with van der Waals surface area (Å²) in [7, 11) is 1.82. The lowest BCUT2D eigenvalue weighted by atomic mass is 9.79. The molecule has 1 aliphatic rings. The van der Waals surface area contributed by atoms with E-state index in [2.05, 4.69) is 51.3 Å². The minimum Gasteiger partial charge on any atom is -0.356 e. The van der Waals surface area contributed by atoms with E-state index in [1.54, 1.807) is 0 Å². The Balaban J connectivity index is 1.50. The van der Waals surface area contributed by atoms with Crippen LogP contribution in [-0.2, 0) is 16.6 Å². The summed E-state index contributed by atoms with van der Waals surface area (Å²) in [5.74, 6) is 0.798. The van der Waals surface area contributed by atoms with Crippen LogP contribution < -0.4 is 16.0 Å². The van der Waals surface area contributed by atoms with Gasteiger partial charge in [-0.1, -0.05) is 55.3 Å². The van der Waals surface area contributed by atoms with Crippen LogP contribution in [0.15, 0.2) is 59.6 Å². The average Bonchev–Trinajstić information content (AvgIpc) is 3.22. The van der Waals surface area contributed by atoms with Crippen LogP contribution >= 0.6 is 0 Å². The highest BCUT2D eigenvalue weighted by Crippen LogP contribution is 2.40. The Labute approximate surface area is 174 Å². The lowest BCUT2D eigenvalue weighted by Crippen LogP contribution is -2.45. The average molecular weight is 393 g/mol. The second-order valence-electron chi connectivity index (χ2n) is 7.83. The number of hydrogen-bond acceptors (Lipinski definition) is 2. The molecule has 5 nitrogen and oxygen atoms in total. The quantitative estimate of drug-likeness (QED) is 0.495. The number of benzene rings is 2. The number of hydrogen-bond donors (Lipinski definition) is 3. The van der Waals surface area contributed by atoms with Gasteiger partial charge in [0.2, 0.25) is 5.91 Å². The number of aliphatic imine (C=N–C) groups is 1. The molecule has 1 fully saturated rings. The minimum absolute atomic E-state index is 0.0511. The maximum Gasteiger partial charge on any atom is 0.221 e. The molecule has 1 amide bonds. The summed E-state index contributed by atoms with van der Waals surface area (Å²) in [5.41, 5.74) is 3.69. The van der Waals surface area contributed by atoms with E-state index in [0.29, 0.717) is 0 Å². The summed E-state index contributed by atoms with van der Waals surface area (Å²) < 4.78 is 0. The third-order valence-corrected chi connectivity index (χ3v) is 5.75. The molecule has 154 valence electrons. The van der Waals surface area contributed by atoms with Gasteiger partial charge >= 0.3 is 0 Å². The van der Waals surface area contributed by atoms with E-state index in [1.807, 2.05) is 31.3 Å². The predicted octanol–water partition coefficient (Wildman–Crippen LogP) is 3.86. The molecule has 3 rings (SSSR count). The van der Waals surface area contributed by atoms with E-state index in [-0.39, 0.29) is 11.3 Å². The molecule has 2 aromatic rings. The molecule has 5 heteroatoms. The molecule has 0 spiro atoms. The first-order chi connectivity index (χ1) is 14.1. The van der Waals surface area contributed by atoms with Gasteiger partial charge in [-0.05, 0) is 42.5 Å². The van der Waals surface area contributed by atoms with Gasteiger partial charge < -0.3 is 16.0 Å². The van der Waals surface area contributed by atoms with Gasteiger partial charge in [0.15, 0.2) is 5.96 Å². The molecule has 0 bridgehead atoms. The molecule has 3 N–H and O–H groups in total. The number of rotatable bonds is 7. The van der Waals surface area contributed by atoms with Crippen LogP contribution in [0.5, 0.6) is 0 Å². The van der Waals surface area contributed by atoms with Gasteiger partial charge in [0.25, 0.3) is 0 Å². The highest BCUT2D eigenvalue weighted by Gasteiger charge is 2.35. The molecule has 0 radical (unpaired) electrons. The molecule has 1 aliphatic carbocycles. The van der Waals surface area contributed by atoms with Gasteiger partial charge in [-0.25, -0.2) is 0 Å². The summed E-state index contributed by atoms with van der Waals surface area (Å²) >= 11 is 0. The molecule has 0 aromatic heterocycles. The van der Waals surface area contributed by atoms with Crippen LogP contribution in [0.1, 0.15) is 43.7 Å². The van der Waals surface area contributed by atoms with Crippen LogP contribution in [0.25, 0.3) is 0 Å². The van der Waals surface area contributed by atoms with Crippen molar-refractivity contribution in [2.75, 3.05) is 25.5 Å². The first-order valence-electron chi connectivity index (χ1n) is 10.5. The molecule has 0 saturated heterocycles. The second-order valence-corrected chi connectivity index (χ2v) is 7.83. The highest BCUT2D eigenvalue weighted by molar-refractivity contribution is 5.88. The molecular formula is C24H32N4O. The molecule has 0 heterocycles. The van der Waals surface area contributed by atoms with Crippen LogP contribution in [0.4, 0.5) is 5.69 Å². The van der Waals surface area contributed by atoms with Gasteiger partial charge in [-0.15, -0.1) is 0 Å². The van der Waals surface area contributed by atoms with Crippen LogP contribution in [0.3, 0.4) is 0 Å². The monoisotopic (exact) mass is 392 g/mol. The second kappa shape index (κ2) is 10.1. The summed E-state index contributed by atoms with van der Waals surface area (Å²) in [5, 5.41) is 9.78. The maximum absolute atomic E-state index is 11.1. The molecule has 29 heavy (non-hydrogen) atoms. The normalized spacial score (nSPS) is 15.7. The SMILES string of the molecule is CN=C(NCCc1ccc(NC(C)=O)cc1)NCC1(c2ccccc2)CCCC1. The fourth-order valence-electron chi connectivity index (χ4n) is 4.17. The number of nitrogens with one attached hydrogen (secondary N) is 3. The Kier molecular flexibility index (Phi) is 7.28. The first-order valence-corrected chi connectivity index (χ1v) is 10.5. The number of nitrogens with zero attached hydrogens (tertiary/aromatic N) is 1. The van der Waals surface area contributed by atoms with Crippen molar-refractivity contribution in [3.05, 3.63) is 65.7 Å². The van der Waals surface area contributed by atoms with Gasteiger partial charge in [-0.2, -0.15) is 0 Å². The maximum atomic E-state index is 11.1. The summed E-state index contributed by atoms with van der Waals surface area (Å²) in [6.07, 6.45) is 5.92. The Hall–Kier alpha value is -2.82. The van der Waals surface area contributed by atoms with Crippen LogP contribution in [0.2, 0.25) is 0 Å². The zero-order valence-corrected chi connectivity index (χ0v) is 17.5. The topological polar surface area (TPSA) is 65.5 Å². The standard InChI is InChI=1S/C24H32N4O/c1-19(29)28-22-12-10-20(11-13-22)14-17-26-23(25-2)27-18-24(15-6-7-16-24)21-8-4-3-5-9-21/h3-5,8-13H,6-7,14-18H2,1-2H3,(H,28,29)(H2,25,26,27). The summed E-state index contributed by atoms with van der Waals surface area (Å²) in [4.78, 5) is 15.5. The molecule has 1 saturated carbocycles. The van der Waals surface area contributed by atoms with E-state index < -0.39 is 0 Å². The van der Waals surface area contributed by atoms with Crippen molar-refractivity contribution in [1.29, 1.82) is 0 Å². The van der Waals surface area contributed by atoms with Gasteiger partial charge in [0.05, 0.1) is 0 Å². The van der Waals surface area contributed by atoms with E-state index in [1.165, 1.54) is 43.7 Å². The van der Waals surface area contributed by atoms with Gasteiger partial charge in [0.1, 0.15) is 0 Å². The van der Waals surface area contributed by atoms with Crippen molar-refractivity contribution < 1.29 is 4.79 Å². The fraction of sp³-hybridized carbons (Fsp3) is 0.417. The zero-order chi connectivity index (χ0) is 20.5. The van der Waals surface area contributed by atoms with Crippen molar-refractivity contribution in [2.45, 2.75) is 44.4 Å². The Bertz CT molecular complexity index is 809. The van der Waals surface area contributed by atoms with E-state index in [9.17, 15) is 4.79 Å². The first kappa shape index (κ1) is 20.9. The summed E-state index contributed by atoms with van der Waals surface area (Å²) in [6, 6.07) is 18.9. The predicted molar refractivity (Wildman–Crippen MR) is 120 cm³/mol. The number of carbonyl (C=O) groups excluding carboxylic acids is 1. The van der Waals surface area contributed by atoms with Crippen LogP contribution in [-0.4, -0.2) is 32.0 Å². The molecular weight excluding hydrogens is 360 g/mol. The van der Waals surface area contributed by atoms with Crippen molar-refractivity contribution in [3.63, 3.8) is 0 Å². The summed E-state index contributed by atoms with van der Waals surface area (Å²) in [6.45, 7) is 3.23. The number of amides is 1. The molecule has 0 aliphatic heterocycles. The Morgan fingerprint density at radius 1 is 1.00 bits per heavy atom. The van der Waals surface area contributed by atoms with Crippen molar-refractivity contribution in [3.8, 4) is 0 Å². The lowest BCUT2D eigenvalue weighted by Gasteiger charge is -2.30. The van der Waals surface area contributed by atoms with E-state index >= 15 is 0 Å². The number of guanidine groups is 1. The van der Waals surface area contributed by atoms with Gasteiger partial charge in [0, 0.05) is 38.2 Å². The fourth-order valence-corrected chi connectivity index (χ4v) is 4.17. The highest BCUT2D eigenvalue weighted by atomic mass is 16.1. The molecule has 2 aromatic carbocycles. The number of anilines is 1. The van der Waals surface area contributed by atoms with Gasteiger partial charge in [-0.3, -0.25) is 9.79 Å². The third-order valence-electron chi connectivity index (χ3n) is 5.75. The number of carbonyl (C=O) groups is 1. The smallest absolute Gasteiger partial charge is 0.221 e. The van der Waals surface area contributed by atoms with E-state index in [4.69, 9.17) is 0 Å². The van der Waals surface area contributed by atoms with Crippen molar-refractivity contribution in [1.82, 2.24) is 10.6 Å². The van der Waals surface area contributed by atoms with Crippen LogP contribution in [0, 0.1) is 0 Å². The Morgan fingerprint density at radius 2 is 1.69 bits per heavy atom. The minimum atomic E-state index is -0.0511. The zero-order valence-electron chi connectivity index (χ0n) is 17.5.